The fourth-order valence-corrected chi connectivity index (χ4v) is 1.96. The highest BCUT2D eigenvalue weighted by atomic mass is 35.5. The lowest BCUT2D eigenvalue weighted by Gasteiger charge is -2.35. The van der Waals surface area contributed by atoms with Gasteiger partial charge in [0.25, 0.3) is 0 Å². The molecule has 1 saturated heterocycles. The normalized spacial score (nSPS) is 19.9. The van der Waals surface area contributed by atoms with Crippen LogP contribution in [0.4, 0.5) is 0 Å². The predicted molar refractivity (Wildman–Crippen MR) is 75.9 cm³/mol. The molecule has 2 rings (SSSR count). The summed E-state index contributed by atoms with van der Waals surface area (Å²) in [4.78, 5) is 16.2. The maximum Gasteiger partial charge on any atom is 0.349 e. The molecule has 0 saturated carbocycles. The third-order valence-corrected chi connectivity index (χ3v) is 3.17. The van der Waals surface area contributed by atoms with Gasteiger partial charge in [0.1, 0.15) is 5.60 Å². The molecule has 1 fully saturated rings. The number of rotatable bonds is 4. The van der Waals surface area contributed by atoms with E-state index in [4.69, 9.17) is 21.1 Å². The van der Waals surface area contributed by atoms with Gasteiger partial charge >= 0.3 is 5.97 Å². The molecule has 0 radical (unpaired) electrons. The molecule has 1 unspecified atom stereocenters. The third-order valence-electron chi connectivity index (χ3n) is 2.85. The van der Waals surface area contributed by atoms with Gasteiger partial charge in [-0.3, -0.25) is 4.98 Å². The number of nitrogens with zero attached hydrogens (tertiary/aromatic N) is 1. The fourth-order valence-electron chi connectivity index (χ4n) is 1.81. The van der Waals surface area contributed by atoms with E-state index in [-0.39, 0.29) is 6.04 Å². The maximum absolute atomic E-state index is 12.3. The number of esters is 1. The van der Waals surface area contributed by atoms with Gasteiger partial charge in [0.15, 0.2) is 5.75 Å². The van der Waals surface area contributed by atoms with Crippen molar-refractivity contribution in [3.63, 3.8) is 0 Å². The Labute approximate surface area is 123 Å². The van der Waals surface area contributed by atoms with Crippen molar-refractivity contribution in [1.29, 1.82) is 0 Å². The lowest BCUT2D eigenvalue weighted by molar-refractivity contribution is -0.165. The largest absolute Gasteiger partial charge is 0.474 e. The lowest BCUT2D eigenvalue weighted by atomic mass is 10.0. The number of halogens is 1. The summed E-state index contributed by atoms with van der Waals surface area (Å²) in [6.45, 7) is 6.35. The molecule has 5 nitrogen and oxygen atoms in total. The zero-order chi connectivity index (χ0) is 14.8. The zero-order valence-electron chi connectivity index (χ0n) is 11.9. The van der Waals surface area contributed by atoms with Crippen LogP contribution >= 0.6 is 11.6 Å². The highest BCUT2D eigenvalue weighted by Crippen LogP contribution is 2.26. The maximum atomic E-state index is 12.3. The molecule has 20 heavy (non-hydrogen) atoms. The van der Waals surface area contributed by atoms with E-state index in [2.05, 4.69) is 10.3 Å². The summed E-state index contributed by atoms with van der Waals surface area (Å²) in [5.74, 6) is -0.00616. The molecule has 0 aliphatic carbocycles. The Morgan fingerprint density at radius 1 is 1.55 bits per heavy atom. The van der Waals surface area contributed by atoms with Gasteiger partial charge < -0.3 is 14.8 Å². The van der Waals surface area contributed by atoms with Gasteiger partial charge in [0.2, 0.25) is 6.10 Å². The molecule has 110 valence electrons. The van der Waals surface area contributed by atoms with E-state index in [1.165, 1.54) is 6.20 Å². The van der Waals surface area contributed by atoms with Crippen LogP contribution in [0.25, 0.3) is 0 Å². The van der Waals surface area contributed by atoms with Crippen LogP contribution < -0.4 is 10.1 Å². The van der Waals surface area contributed by atoms with Crippen LogP contribution in [0.15, 0.2) is 18.5 Å². The van der Waals surface area contributed by atoms with Crippen molar-refractivity contribution in [2.75, 3.05) is 6.54 Å². The first-order valence-electron chi connectivity index (χ1n) is 6.59. The predicted octanol–water partition coefficient (Wildman–Crippen LogP) is 2.19. The summed E-state index contributed by atoms with van der Waals surface area (Å²) in [5, 5.41) is 3.59. The quantitative estimate of drug-likeness (QED) is 0.864. The summed E-state index contributed by atoms with van der Waals surface area (Å²) in [6.07, 6.45) is 3.21. The number of carbonyl (C=O) groups excluding carboxylic acids is 1. The minimum atomic E-state index is -0.718. The van der Waals surface area contributed by atoms with Gasteiger partial charge in [0.05, 0.1) is 17.3 Å². The molecule has 1 aromatic rings. The molecular formula is C14H19ClN2O3. The van der Waals surface area contributed by atoms with Crippen molar-refractivity contribution >= 4 is 17.6 Å². The van der Waals surface area contributed by atoms with E-state index in [9.17, 15) is 4.79 Å². The Morgan fingerprint density at radius 3 is 2.75 bits per heavy atom. The number of carbonyl (C=O) groups is 1. The number of hydrogen-bond acceptors (Lipinski definition) is 5. The van der Waals surface area contributed by atoms with Gasteiger partial charge in [0, 0.05) is 6.20 Å². The smallest absolute Gasteiger partial charge is 0.349 e. The molecule has 1 aromatic heterocycles. The topological polar surface area (TPSA) is 60.5 Å². The summed E-state index contributed by atoms with van der Waals surface area (Å²) in [7, 11) is 0. The molecule has 0 spiro atoms. The molecule has 0 bridgehead atoms. The fraction of sp³-hybridized carbons (Fsp3) is 0.571. The second-order valence-corrected chi connectivity index (χ2v) is 6.13. The van der Waals surface area contributed by atoms with Gasteiger partial charge in [-0.2, -0.15) is 0 Å². The molecule has 0 aromatic carbocycles. The molecule has 1 N–H and O–H groups in total. The monoisotopic (exact) mass is 298 g/mol. The molecule has 1 aliphatic rings. The lowest BCUT2D eigenvalue weighted by Crippen LogP contribution is -2.57. The molecule has 0 amide bonds. The first-order valence-corrected chi connectivity index (χ1v) is 6.97. The zero-order valence-corrected chi connectivity index (χ0v) is 12.6. The van der Waals surface area contributed by atoms with Crippen LogP contribution in [0, 0.1) is 0 Å². The van der Waals surface area contributed by atoms with E-state index < -0.39 is 17.7 Å². The minimum absolute atomic E-state index is 0.0545. The highest BCUT2D eigenvalue weighted by Gasteiger charge is 2.37. The number of aromatic nitrogens is 1. The van der Waals surface area contributed by atoms with Gasteiger partial charge in [-0.1, -0.05) is 11.6 Å². The summed E-state index contributed by atoms with van der Waals surface area (Å²) < 4.78 is 11.1. The molecular weight excluding hydrogens is 280 g/mol. The van der Waals surface area contributed by atoms with E-state index in [0.717, 1.165) is 13.0 Å². The van der Waals surface area contributed by atoms with Crippen LogP contribution in [-0.2, 0) is 9.53 Å². The van der Waals surface area contributed by atoms with Gasteiger partial charge in [-0.15, -0.1) is 0 Å². The van der Waals surface area contributed by atoms with Crippen LogP contribution in [0.1, 0.15) is 27.2 Å². The van der Waals surface area contributed by atoms with Crippen molar-refractivity contribution in [3.8, 4) is 5.75 Å². The third kappa shape index (κ3) is 3.84. The average Bonchev–Trinajstić information content (AvgIpc) is 2.26. The Kier molecular flexibility index (Phi) is 4.50. The van der Waals surface area contributed by atoms with Crippen LogP contribution in [0.2, 0.25) is 5.02 Å². The summed E-state index contributed by atoms with van der Waals surface area (Å²) in [5.41, 5.74) is -0.554. The SMILES string of the molecule is CC(C)(C)OC(=O)C(Oc1cnccc1Cl)[C@H]1CCN1. The van der Waals surface area contributed by atoms with Crippen LogP contribution in [0.5, 0.6) is 5.75 Å². The number of nitrogens with one attached hydrogen (secondary N) is 1. The number of hydrogen-bond donors (Lipinski definition) is 1. The number of ether oxygens (including phenoxy) is 2. The van der Waals surface area contributed by atoms with Gasteiger partial charge in [-0.25, -0.2) is 4.79 Å². The minimum Gasteiger partial charge on any atom is -0.474 e. The molecule has 1 aliphatic heterocycles. The summed E-state index contributed by atoms with van der Waals surface area (Å²) in [6, 6.07) is 1.57. The highest BCUT2D eigenvalue weighted by molar-refractivity contribution is 6.32. The Bertz CT molecular complexity index is 484. The second-order valence-electron chi connectivity index (χ2n) is 5.73. The van der Waals surface area contributed by atoms with E-state index in [1.807, 2.05) is 20.8 Å². The summed E-state index contributed by atoms with van der Waals surface area (Å²) >= 11 is 6.03. The van der Waals surface area contributed by atoms with Gasteiger partial charge in [-0.05, 0) is 39.8 Å². The Balaban J connectivity index is 2.12. The Hall–Kier alpha value is -1.33. The first kappa shape index (κ1) is 15.1. The van der Waals surface area contributed by atoms with E-state index in [0.29, 0.717) is 10.8 Å². The van der Waals surface area contributed by atoms with E-state index in [1.54, 1.807) is 12.3 Å². The molecule has 2 atom stereocenters. The second kappa shape index (κ2) is 5.97. The van der Waals surface area contributed by atoms with Crippen LogP contribution in [0.3, 0.4) is 0 Å². The number of pyridine rings is 1. The van der Waals surface area contributed by atoms with Crippen LogP contribution in [-0.4, -0.2) is 35.2 Å². The van der Waals surface area contributed by atoms with Crippen molar-refractivity contribution in [1.82, 2.24) is 10.3 Å². The average molecular weight is 299 g/mol. The van der Waals surface area contributed by atoms with Crippen molar-refractivity contribution in [3.05, 3.63) is 23.5 Å². The van der Waals surface area contributed by atoms with Crippen molar-refractivity contribution < 1.29 is 14.3 Å². The van der Waals surface area contributed by atoms with E-state index >= 15 is 0 Å². The standard InChI is InChI=1S/C14H19ClN2O3/c1-14(2,3)20-13(18)12(10-5-7-17-10)19-11-8-16-6-4-9(11)15/h4,6,8,10,12,17H,5,7H2,1-3H3/t10-,12?/m1/s1. The van der Waals surface area contributed by atoms with Crippen molar-refractivity contribution in [2.45, 2.75) is 44.9 Å². The molecule has 6 heteroatoms. The Morgan fingerprint density at radius 2 is 2.25 bits per heavy atom. The molecule has 2 heterocycles. The van der Waals surface area contributed by atoms with Crippen molar-refractivity contribution in [2.24, 2.45) is 0 Å². The first-order chi connectivity index (χ1) is 9.37.